The number of amidine groups is 1. The van der Waals surface area contributed by atoms with Crippen LogP contribution in [0.25, 0.3) is 11.2 Å². The highest BCUT2D eigenvalue weighted by Crippen LogP contribution is 2.24. The van der Waals surface area contributed by atoms with Crippen molar-refractivity contribution in [3.05, 3.63) is 52.7 Å². The van der Waals surface area contributed by atoms with E-state index in [2.05, 4.69) is 19.9 Å². The molecular weight excluding hydrogens is 349 g/mol. The third-order valence-corrected chi connectivity index (χ3v) is 3.77. The smallest absolute Gasteiger partial charge is 0.178 e. The molecule has 0 fully saturated rings. The third kappa shape index (κ3) is 3.46. The second-order valence-electron chi connectivity index (χ2n) is 5.87. The number of rotatable bonds is 3. The van der Waals surface area contributed by atoms with Crippen molar-refractivity contribution < 1.29 is 14.7 Å². The molecule has 0 spiro atoms. The molecule has 0 amide bonds. The molecule has 0 unspecified atom stereocenters. The molecule has 7 nitrogen and oxygen atoms in total. The van der Waals surface area contributed by atoms with Gasteiger partial charge < -0.3 is 10.1 Å². The molecule has 3 rings (SSSR count). The minimum Gasteiger partial charge on any atom is -0.383 e. The zero-order valence-corrected chi connectivity index (χ0v) is 14.1. The van der Waals surface area contributed by atoms with Gasteiger partial charge in [-0.2, -0.15) is 0 Å². The molecule has 0 saturated carbocycles. The number of hydrogen-bond acceptors (Lipinski definition) is 5. The van der Waals surface area contributed by atoms with Gasteiger partial charge in [-0.15, -0.1) is 0 Å². The SMILES string of the molecule is CC(C)(O)c1nc2nccc(C(=Nc3ccc(F)c(Cl)c3)NO)c2[nH]1. The van der Waals surface area contributed by atoms with Crippen molar-refractivity contribution in [2.45, 2.75) is 19.4 Å². The summed E-state index contributed by atoms with van der Waals surface area (Å²) >= 11 is 5.75. The lowest BCUT2D eigenvalue weighted by molar-refractivity contribution is 0.0700. The first-order chi connectivity index (χ1) is 11.8. The lowest BCUT2D eigenvalue weighted by Crippen LogP contribution is -2.20. The molecule has 9 heteroatoms. The molecule has 3 aromatic rings. The maximum absolute atomic E-state index is 13.3. The molecule has 130 valence electrons. The van der Waals surface area contributed by atoms with Gasteiger partial charge in [-0.05, 0) is 38.1 Å². The Morgan fingerprint density at radius 2 is 2.12 bits per heavy atom. The van der Waals surface area contributed by atoms with E-state index in [0.29, 0.717) is 28.2 Å². The van der Waals surface area contributed by atoms with Crippen LogP contribution in [0.4, 0.5) is 10.1 Å². The van der Waals surface area contributed by atoms with Crippen molar-refractivity contribution in [3.8, 4) is 0 Å². The van der Waals surface area contributed by atoms with Crippen LogP contribution < -0.4 is 5.48 Å². The van der Waals surface area contributed by atoms with Gasteiger partial charge >= 0.3 is 0 Å². The van der Waals surface area contributed by atoms with Crippen LogP contribution in [-0.4, -0.2) is 31.1 Å². The summed E-state index contributed by atoms with van der Waals surface area (Å²) in [4.78, 5) is 15.6. The summed E-state index contributed by atoms with van der Waals surface area (Å²) in [7, 11) is 0. The number of aromatic nitrogens is 3. The molecule has 0 aliphatic carbocycles. The number of halogens is 2. The van der Waals surface area contributed by atoms with Crippen LogP contribution >= 0.6 is 11.6 Å². The summed E-state index contributed by atoms with van der Waals surface area (Å²) in [5.41, 5.74) is 2.48. The van der Waals surface area contributed by atoms with Gasteiger partial charge in [-0.3, -0.25) is 10.7 Å². The molecule has 25 heavy (non-hydrogen) atoms. The second-order valence-corrected chi connectivity index (χ2v) is 6.28. The monoisotopic (exact) mass is 363 g/mol. The number of aliphatic imine (C=N–C) groups is 1. The molecule has 1 aromatic carbocycles. The molecule has 2 aromatic heterocycles. The molecule has 0 aliphatic rings. The number of H-pyrrole nitrogens is 1. The highest BCUT2D eigenvalue weighted by molar-refractivity contribution is 6.31. The van der Waals surface area contributed by atoms with Crippen LogP contribution in [0.5, 0.6) is 0 Å². The van der Waals surface area contributed by atoms with E-state index in [1.165, 1.54) is 24.4 Å². The van der Waals surface area contributed by atoms with Gasteiger partial charge in [0.1, 0.15) is 17.2 Å². The number of nitrogens with zero attached hydrogens (tertiary/aromatic N) is 3. The number of hydroxylamine groups is 1. The van der Waals surface area contributed by atoms with Crippen molar-refractivity contribution in [2.24, 2.45) is 4.99 Å². The van der Waals surface area contributed by atoms with E-state index >= 15 is 0 Å². The average Bonchev–Trinajstić information content (AvgIpc) is 3.00. The van der Waals surface area contributed by atoms with E-state index in [1.807, 2.05) is 5.48 Å². The van der Waals surface area contributed by atoms with Gasteiger partial charge in [0.2, 0.25) is 0 Å². The Bertz CT molecular complexity index is 965. The quantitative estimate of drug-likeness (QED) is 0.325. The van der Waals surface area contributed by atoms with Gasteiger partial charge in [0.15, 0.2) is 11.5 Å². The molecule has 4 N–H and O–H groups in total. The molecule has 0 radical (unpaired) electrons. The Morgan fingerprint density at radius 3 is 2.76 bits per heavy atom. The Balaban J connectivity index is 2.13. The van der Waals surface area contributed by atoms with Crippen molar-refractivity contribution in [1.82, 2.24) is 20.4 Å². The summed E-state index contributed by atoms with van der Waals surface area (Å²) in [5, 5.41) is 19.5. The van der Waals surface area contributed by atoms with Gasteiger partial charge in [0.25, 0.3) is 0 Å². The van der Waals surface area contributed by atoms with Crippen molar-refractivity contribution in [2.75, 3.05) is 0 Å². The number of aliphatic hydroxyl groups is 1. The fourth-order valence-corrected chi connectivity index (χ4v) is 2.40. The second kappa shape index (κ2) is 6.40. The summed E-state index contributed by atoms with van der Waals surface area (Å²) in [6, 6.07) is 5.55. The maximum atomic E-state index is 13.3. The first kappa shape index (κ1) is 17.3. The Morgan fingerprint density at radius 1 is 1.36 bits per heavy atom. The number of nitrogens with one attached hydrogen (secondary N) is 2. The molecule has 0 atom stereocenters. The molecule has 0 saturated heterocycles. The normalized spacial score (nSPS) is 12.6. The van der Waals surface area contributed by atoms with E-state index in [0.717, 1.165) is 0 Å². The Kier molecular flexibility index (Phi) is 4.42. The van der Waals surface area contributed by atoms with E-state index < -0.39 is 11.4 Å². The minimum atomic E-state index is -1.19. The Hall–Kier alpha value is -2.55. The van der Waals surface area contributed by atoms with E-state index in [4.69, 9.17) is 11.6 Å². The summed E-state index contributed by atoms with van der Waals surface area (Å²) < 4.78 is 13.3. The number of fused-ring (bicyclic) bond motifs is 1. The zero-order valence-electron chi connectivity index (χ0n) is 13.4. The highest BCUT2D eigenvalue weighted by Gasteiger charge is 2.22. The maximum Gasteiger partial charge on any atom is 0.178 e. The summed E-state index contributed by atoms with van der Waals surface area (Å²) in [6.45, 7) is 3.17. The van der Waals surface area contributed by atoms with Gasteiger partial charge in [0, 0.05) is 11.8 Å². The zero-order chi connectivity index (χ0) is 18.2. The topological polar surface area (TPSA) is 106 Å². The molecule has 2 heterocycles. The summed E-state index contributed by atoms with van der Waals surface area (Å²) in [6.07, 6.45) is 1.50. The summed E-state index contributed by atoms with van der Waals surface area (Å²) in [5.74, 6) is -0.153. The highest BCUT2D eigenvalue weighted by atomic mass is 35.5. The standard InChI is InChI=1S/C16H15ClFN5O2/c1-16(2,24)15-21-12-9(5-6-19-14(12)22-15)13(23-25)20-8-3-4-11(18)10(17)7-8/h3-7,24-25H,1-2H3,(H,20,23)(H,19,21,22). The van der Waals surface area contributed by atoms with Crippen molar-refractivity contribution in [1.29, 1.82) is 0 Å². The van der Waals surface area contributed by atoms with Crippen LogP contribution in [0.1, 0.15) is 25.2 Å². The van der Waals surface area contributed by atoms with Gasteiger partial charge in [-0.1, -0.05) is 11.6 Å². The van der Waals surface area contributed by atoms with Crippen LogP contribution in [-0.2, 0) is 5.60 Å². The van der Waals surface area contributed by atoms with E-state index in [1.54, 1.807) is 19.9 Å². The van der Waals surface area contributed by atoms with Crippen LogP contribution in [0, 0.1) is 5.82 Å². The van der Waals surface area contributed by atoms with Crippen LogP contribution in [0.3, 0.4) is 0 Å². The fraction of sp³-hybridized carbons (Fsp3) is 0.188. The molecule has 0 aliphatic heterocycles. The molecular formula is C16H15ClFN5O2. The van der Waals surface area contributed by atoms with E-state index in [9.17, 15) is 14.7 Å². The van der Waals surface area contributed by atoms with Crippen molar-refractivity contribution in [3.63, 3.8) is 0 Å². The average molecular weight is 364 g/mol. The van der Waals surface area contributed by atoms with Gasteiger partial charge in [-0.25, -0.2) is 19.4 Å². The largest absolute Gasteiger partial charge is 0.383 e. The number of benzene rings is 1. The predicted octanol–water partition coefficient (Wildman–Crippen LogP) is 3.03. The first-order valence-corrected chi connectivity index (χ1v) is 7.69. The Labute approximate surface area is 147 Å². The fourth-order valence-electron chi connectivity index (χ4n) is 2.23. The predicted molar refractivity (Wildman–Crippen MR) is 91.7 cm³/mol. The lowest BCUT2D eigenvalue weighted by atomic mass is 10.1. The van der Waals surface area contributed by atoms with E-state index in [-0.39, 0.29) is 10.9 Å². The van der Waals surface area contributed by atoms with Crippen LogP contribution in [0.15, 0.2) is 35.5 Å². The number of imidazole rings is 1. The molecule has 0 bridgehead atoms. The number of pyridine rings is 1. The number of aromatic amines is 1. The third-order valence-electron chi connectivity index (χ3n) is 3.48. The number of hydrogen-bond donors (Lipinski definition) is 4. The van der Waals surface area contributed by atoms with Crippen molar-refractivity contribution >= 4 is 34.3 Å². The van der Waals surface area contributed by atoms with Gasteiger partial charge in [0.05, 0.1) is 16.2 Å². The van der Waals surface area contributed by atoms with Crippen LogP contribution in [0.2, 0.25) is 5.02 Å². The minimum absolute atomic E-state index is 0.0794. The first-order valence-electron chi connectivity index (χ1n) is 7.31. The lowest BCUT2D eigenvalue weighted by Gasteiger charge is -2.12.